The second-order valence-electron chi connectivity index (χ2n) is 5.51. The zero-order chi connectivity index (χ0) is 17.2. The van der Waals surface area contributed by atoms with Gasteiger partial charge in [-0.3, -0.25) is 4.79 Å². The van der Waals surface area contributed by atoms with Gasteiger partial charge in [0, 0.05) is 16.8 Å². The van der Waals surface area contributed by atoms with Crippen molar-refractivity contribution in [2.24, 2.45) is 0 Å². The predicted octanol–water partition coefficient (Wildman–Crippen LogP) is 1.79. The van der Waals surface area contributed by atoms with Crippen LogP contribution in [0.2, 0.25) is 5.02 Å². The maximum absolute atomic E-state index is 12.1. The highest BCUT2D eigenvalue weighted by Gasteiger charge is 2.29. The van der Waals surface area contributed by atoms with Crippen LogP contribution in [0.1, 0.15) is 16.9 Å². The smallest absolute Gasteiger partial charge is 0.272 e. The Morgan fingerprint density at radius 1 is 1.21 bits per heavy atom. The number of anilines is 2. The molecular weight excluding hydrogens is 352 g/mol. The minimum Gasteiger partial charge on any atom is -0.347 e. The number of nitrogens with one attached hydrogen (secondary N) is 2. The first kappa shape index (κ1) is 16.7. The van der Waals surface area contributed by atoms with Gasteiger partial charge in [-0.25, -0.2) is 8.42 Å². The Balaban J connectivity index is 1.62. The number of sulfone groups is 1. The number of nitrogens with zero attached hydrogens (tertiary/aromatic N) is 2. The maximum Gasteiger partial charge on any atom is 0.272 e. The van der Waals surface area contributed by atoms with Crippen LogP contribution >= 0.6 is 11.6 Å². The van der Waals surface area contributed by atoms with Crippen LogP contribution in [0.4, 0.5) is 11.5 Å². The van der Waals surface area contributed by atoms with Crippen molar-refractivity contribution in [1.29, 1.82) is 0 Å². The summed E-state index contributed by atoms with van der Waals surface area (Å²) >= 11 is 5.91. The lowest BCUT2D eigenvalue weighted by molar-refractivity contribution is 0.0935. The molecule has 9 heteroatoms. The fourth-order valence-electron chi connectivity index (χ4n) is 2.40. The minimum absolute atomic E-state index is 0.0272. The summed E-state index contributed by atoms with van der Waals surface area (Å²) in [6, 6.07) is 9.91. The number of amides is 1. The summed E-state index contributed by atoms with van der Waals surface area (Å²) in [7, 11) is -3.04. The Bertz CT molecular complexity index is 855. The number of carbonyl (C=O) groups is 1. The van der Waals surface area contributed by atoms with Crippen molar-refractivity contribution >= 4 is 38.9 Å². The molecule has 2 N–H and O–H groups in total. The Morgan fingerprint density at radius 2 is 2.04 bits per heavy atom. The van der Waals surface area contributed by atoms with Gasteiger partial charge < -0.3 is 10.6 Å². The predicted molar refractivity (Wildman–Crippen MR) is 91.3 cm³/mol. The molecule has 1 aromatic carbocycles. The zero-order valence-electron chi connectivity index (χ0n) is 12.6. The third kappa shape index (κ3) is 4.21. The first-order chi connectivity index (χ1) is 11.4. The van der Waals surface area contributed by atoms with E-state index >= 15 is 0 Å². The molecule has 0 aliphatic carbocycles. The Hall–Kier alpha value is -2.19. The van der Waals surface area contributed by atoms with E-state index in [0.717, 1.165) is 5.69 Å². The van der Waals surface area contributed by atoms with E-state index in [1.807, 2.05) is 6.07 Å². The van der Waals surface area contributed by atoms with Gasteiger partial charge in [0.25, 0.3) is 5.91 Å². The number of hydrogen-bond acceptors (Lipinski definition) is 6. The summed E-state index contributed by atoms with van der Waals surface area (Å²) < 4.78 is 22.8. The van der Waals surface area contributed by atoms with E-state index in [2.05, 4.69) is 20.8 Å². The van der Waals surface area contributed by atoms with Crippen LogP contribution in [0.3, 0.4) is 0 Å². The molecular formula is C15H15ClN4O3S. The summed E-state index contributed by atoms with van der Waals surface area (Å²) in [5.74, 6) is 0.114. The van der Waals surface area contributed by atoms with Gasteiger partial charge in [-0.1, -0.05) is 17.7 Å². The normalized spacial score (nSPS) is 19.0. The van der Waals surface area contributed by atoms with Crippen LogP contribution in [-0.4, -0.2) is 42.1 Å². The first-order valence-corrected chi connectivity index (χ1v) is 9.49. The molecule has 1 fully saturated rings. The molecule has 2 heterocycles. The quantitative estimate of drug-likeness (QED) is 0.855. The van der Waals surface area contributed by atoms with E-state index in [9.17, 15) is 13.2 Å². The van der Waals surface area contributed by atoms with E-state index < -0.39 is 15.7 Å². The summed E-state index contributed by atoms with van der Waals surface area (Å²) in [6.45, 7) is 0. The van der Waals surface area contributed by atoms with E-state index in [-0.39, 0.29) is 23.2 Å². The number of halogens is 1. The summed E-state index contributed by atoms with van der Waals surface area (Å²) in [4.78, 5) is 12.1. The van der Waals surface area contributed by atoms with Gasteiger partial charge in [-0.15, -0.1) is 10.2 Å². The average molecular weight is 367 g/mol. The van der Waals surface area contributed by atoms with Crippen LogP contribution in [0.25, 0.3) is 0 Å². The molecule has 0 spiro atoms. The third-order valence-corrected chi connectivity index (χ3v) is 5.56. The second kappa shape index (κ2) is 6.74. The van der Waals surface area contributed by atoms with Crippen LogP contribution in [0.5, 0.6) is 0 Å². The van der Waals surface area contributed by atoms with Crippen LogP contribution in [0.15, 0.2) is 36.4 Å². The van der Waals surface area contributed by atoms with Gasteiger partial charge in [0.15, 0.2) is 21.3 Å². The fourth-order valence-corrected chi connectivity index (χ4v) is 4.27. The number of carbonyl (C=O) groups excluding carboxylic acids is 1. The van der Waals surface area contributed by atoms with Gasteiger partial charge in [0.1, 0.15) is 0 Å². The highest BCUT2D eigenvalue weighted by Crippen LogP contribution is 2.18. The molecule has 7 nitrogen and oxygen atoms in total. The molecule has 0 saturated carbocycles. The van der Waals surface area contributed by atoms with Crippen LogP contribution < -0.4 is 10.6 Å². The molecule has 3 rings (SSSR count). The van der Waals surface area contributed by atoms with Crippen molar-refractivity contribution in [3.05, 3.63) is 47.1 Å². The minimum atomic E-state index is -3.04. The third-order valence-electron chi connectivity index (χ3n) is 3.56. The molecule has 1 atom stereocenters. The lowest BCUT2D eigenvalue weighted by Crippen LogP contribution is -2.36. The van der Waals surface area contributed by atoms with Gasteiger partial charge in [-0.2, -0.15) is 0 Å². The molecule has 1 saturated heterocycles. The SMILES string of the molecule is O=C(NC1CCS(=O)(=O)C1)c1ccc(Nc2cccc(Cl)c2)nn1. The summed E-state index contributed by atoms with van der Waals surface area (Å²) in [5, 5.41) is 14.1. The molecule has 0 bridgehead atoms. The number of aromatic nitrogens is 2. The van der Waals surface area contributed by atoms with E-state index in [1.165, 1.54) is 6.07 Å². The van der Waals surface area contributed by atoms with Crippen molar-refractivity contribution in [2.75, 3.05) is 16.8 Å². The van der Waals surface area contributed by atoms with Crippen molar-refractivity contribution in [3.63, 3.8) is 0 Å². The highest BCUT2D eigenvalue weighted by molar-refractivity contribution is 7.91. The number of rotatable bonds is 4. The maximum atomic E-state index is 12.1. The zero-order valence-corrected chi connectivity index (χ0v) is 14.1. The number of benzene rings is 1. The molecule has 1 amide bonds. The molecule has 1 aliphatic heterocycles. The van der Waals surface area contributed by atoms with Crippen molar-refractivity contribution in [2.45, 2.75) is 12.5 Å². The molecule has 1 aliphatic rings. The van der Waals surface area contributed by atoms with Gasteiger partial charge in [0.2, 0.25) is 0 Å². The number of hydrogen-bond donors (Lipinski definition) is 2. The standard InChI is InChI=1S/C15H15ClN4O3S/c16-10-2-1-3-11(8-10)17-14-5-4-13(19-20-14)15(21)18-12-6-7-24(22,23)9-12/h1-5,8,12H,6-7,9H2,(H,17,20)(H,18,21). The average Bonchev–Trinajstić information content (AvgIpc) is 2.87. The Morgan fingerprint density at radius 3 is 2.67 bits per heavy atom. The molecule has 0 radical (unpaired) electrons. The Kier molecular flexibility index (Phi) is 4.68. The lowest BCUT2D eigenvalue weighted by atomic mass is 10.2. The Labute approximate surface area is 144 Å². The van der Waals surface area contributed by atoms with Crippen LogP contribution in [0, 0.1) is 0 Å². The highest BCUT2D eigenvalue weighted by atomic mass is 35.5. The largest absolute Gasteiger partial charge is 0.347 e. The summed E-state index contributed by atoms with van der Waals surface area (Å²) in [5.41, 5.74) is 0.890. The van der Waals surface area contributed by atoms with E-state index in [1.54, 1.807) is 24.3 Å². The molecule has 126 valence electrons. The molecule has 24 heavy (non-hydrogen) atoms. The van der Waals surface area contributed by atoms with Crippen LogP contribution in [-0.2, 0) is 9.84 Å². The van der Waals surface area contributed by atoms with Crippen molar-refractivity contribution in [1.82, 2.24) is 15.5 Å². The van der Waals surface area contributed by atoms with Gasteiger partial charge >= 0.3 is 0 Å². The molecule has 2 aromatic rings. The molecule has 1 unspecified atom stereocenters. The summed E-state index contributed by atoms with van der Waals surface area (Å²) in [6.07, 6.45) is 0.426. The van der Waals surface area contributed by atoms with Gasteiger partial charge in [0.05, 0.1) is 11.5 Å². The van der Waals surface area contributed by atoms with Crippen molar-refractivity contribution in [3.8, 4) is 0 Å². The first-order valence-electron chi connectivity index (χ1n) is 7.29. The van der Waals surface area contributed by atoms with E-state index in [4.69, 9.17) is 11.6 Å². The fraction of sp³-hybridized carbons (Fsp3) is 0.267. The topological polar surface area (TPSA) is 101 Å². The molecule has 1 aromatic heterocycles. The van der Waals surface area contributed by atoms with Crippen molar-refractivity contribution < 1.29 is 13.2 Å². The lowest BCUT2D eigenvalue weighted by Gasteiger charge is -2.10. The second-order valence-corrected chi connectivity index (χ2v) is 8.18. The van der Waals surface area contributed by atoms with E-state index in [0.29, 0.717) is 17.3 Å². The monoisotopic (exact) mass is 366 g/mol. The van der Waals surface area contributed by atoms with Gasteiger partial charge in [-0.05, 0) is 36.8 Å².